The van der Waals surface area contributed by atoms with Crippen molar-refractivity contribution in [2.75, 3.05) is 20.3 Å². The highest BCUT2D eigenvalue weighted by molar-refractivity contribution is 7.12. The Labute approximate surface area is 132 Å². The molecular weight excluding hydrogens is 280 g/mol. The van der Waals surface area contributed by atoms with Crippen molar-refractivity contribution in [2.45, 2.75) is 64.3 Å². The molecule has 0 amide bonds. The third kappa shape index (κ3) is 2.66. The molecule has 4 heteroatoms. The lowest BCUT2D eigenvalue weighted by molar-refractivity contribution is 0.0511. The van der Waals surface area contributed by atoms with Gasteiger partial charge in [-0.25, -0.2) is 4.98 Å². The average Bonchev–Trinajstić information content (AvgIpc) is 3.02. The predicted octanol–water partition coefficient (Wildman–Crippen LogP) is 3.66. The molecule has 0 spiro atoms. The molecule has 1 atom stereocenters. The van der Waals surface area contributed by atoms with E-state index in [-0.39, 0.29) is 11.0 Å². The van der Waals surface area contributed by atoms with Crippen molar-refractivity contribution >= 4 is 11.3 Å². The smallest absolute Gasteiger partial charge is 0.114 e. The zero-order valence-electron chi connectivity index (χ0n) is 13.6. The lowest BCUT2D eigenvalue weighted by Gasteiger charge is -2.49. The molecule has 1 aromatic rings. The van der Waals surface area contributed by atoms with Crippen LogP contribution in [0.3, 0.4) is 0 Å². The fraction of sp³-hybridized carbons (Fsp3) is 0.824. The summed E-state index contributed by atoms with van der Waals surface area (Å²) in [6.07, 6.45) is 8.83. The minimum Gasteiger partial charge on any atom is -0.383 e. The van der Waals surface area contributed by atoms with E-state index in [0.717, 1.165) is 13.2 Å². The summed E-state index contributed by atoms with van der Waals surface area (Å²) < 4.78 is 5.26. The molecular formula is C17H28N2OS. The first-order chi connectivity index (χ1) is 10.1. The van der Waals surface area contributed by atoms with Gasteiger partial charge in [-0.3, -0.25) is 0 Å². The van der Waals surface area contributed by atoms with Crippen LogP contribution >= 0.6 is 11.3 Å². The van der Waals surface area contributed by atoms with E-state index in [9.17, 15) is 0 Å². The van der Waals surface area contributed by atoms with Crippen molar-refractivity contribution in [2.24, 2.45) is 5.41 Å². The normalized spacial score (nSPS) is 27.8. The second-order valence-corrected chi connectivity index (χ2v) is 8.24. The molecule has 1 aromatic heterocycles. The molecule has 1 heterocycles. The van der Waals surface area contributed by atoms with E-state index in [0.29, 0.717) is 0 Å². The first-order valence-corrected chi connectivity index (χ1v) is 9.14. The number of hydrogen-bond acceptors (Lipinski definition) is 4. The van der Waals surface area contributed by atoms with Gasteiger partial charge in [0, 0.05) is 18.5 Å². The lowest BCUT2D eigenvalue weighted by atomic mass is 9.63. The Hall–Kier alpha value is -0.450. The van der Waals surface area contributed by atoms with Gasteiger partial charge >= 0.3 is 0 Å². The van der Waals surface area contributed by atoms with Crippen LogP contribution in [0.5, 0.6) is 0 Å². The summed E-state index contributed by atoms with van der Waals surface area (Å²) in [7, 11) is 1.78. The maximum absolute atomic E-state index is 5.26. The van der Waals surface area contributed by atoms with Crippen LogP contribution in [0.25, 0.3) is 0 Å². The van der Waals surface area contributed by atoms with Gasteiger partial charge in [0.05, 0.1) is 17.8 Å². The number of methoxy groups -OCH3 is 1. The summed E-state index contributed by atoms with van der Waals surface area (Å²) in [5.74, 6) is 0. The molecule has 2 aliphatic carbocycles. The van der Waals surface area contributed by atoms with Gasteiger partial charge in [0.15, 0.2) is 0 Å². The number of nitrogens with zero attached hydrogens (tertiary/aromatic N) is 1. The Kier molecular flexibility index (Phi) is 4.40. The number of aromatic nitrogens is 1. The Bertz CT molecular complexity index is 475. The molecule has 0 aromatic carbocycles. The first kappa shape index (κ1) is 15.4. The van der Waals surface area contributed by atoms with Crippen LogP contribution in [0.1, 0.15) is 61.5 Å². The monoisotopic (exact) mass is 308 g/mol. The number of hydrogen-bond donors (Lipinski definition) is 1. The summed E-state index contributed by atoms with van der Waals surface area (Å²) >= 11 is 1.97. The number of ether oxygens (including phenoxy) is 1. The van der Waals surface area contributed by atoms with Crippen molar-refractivity contribution in [3.05, 3.63) is 15.6 Å². The summed E-state index contributed by atoms with van der Waals surface area (Å²) in [5.41, 5.74) is 1.67. The van der Waals surface area contributed by atoms with Crippen molar-refractivity contribution in [1.29, 1.82) is 0 Å². The van der Waals surface area contributed by atoms with Crippen LogP contribution in [-0.4, -0.2) is 25.2 Å². The van der Waals surface area contributed by atoms with E-state index >= 15 is 0 Å². The van der Waals surface area contributed by atoms with Crippen molar-refractivity contribution in [1.82, 2.24) is 10.3 Å². The maximum atomic E-state index is 5.26. The molecule has 118 valence electrons. The second-order valence-electron chi connectivity index (χ2n) is 7.16. The number of rotatable bonds is 5. The van der Waals surface area contributed by atoms with Gasteiger partial charge in [0.1, 0.15) is 5.01 Å². The van der Waals surface area contributed by atoms with Crippen LogP contribution in [0.15, 0.2) is 0 Å². The molecule has 21 heavy (non-hydrogen) atoms. The van der Waals surface area contributed by atoms with Crippen LogP contribution in [0, 0.1) is 5.41 Å². The van der Waals surface area contributed by atoms with E-state index in [1.165, 1.54) is 55.6 Å². The number of thiazole rings is 1. The van der Waals surface area contributed by atoms with Gasteiger partial charge in [-0.2, -0.15) is 0 Å². The largest absolute Gasteiger partial charge is 0.383 e. The molecule has 0 radical (unpaired) electrons. The molecule has 1 fully saturated rings. The van der Waals surface area contributed by atoms with Gasteiger partial charge in [0.25, 0.3) is 0 Å². The van der Waals surface area contributed by atoms with E-state index < -0.39 is 0 Å². The lowest BCUT2D eigenvalue weighted by Crippen LogP contribution is -2.55. The summed E-state index contributed by atoms with van der Waals surface area (Å²) in [6, 6.07) is 0. The van der Waals surface area contributed by atoms with Crippen LogP contribution in [0.4, 0.5) is 0 Å². The van der Waals surface area contributed by atoms with E-state index in [2.05, 4.69) is 19.2 Å². The second kappa shape index (κ2) is 5.98. The molecule has 1 unspecified atom stereocenters. The Balaban J connectivity index is 1.94. The van der Waals surface area contributed by atoms with Crippen LogP contribution in [-0.2, 0) is 23.1 Å². The molecule has 3 nitrogen and oxygen atoms in total. The fourth-order valence-corrected chi connectivity index (χ4v) is 5.57. The Morgan fingerprint density at radius 2 is 2.00 bits per heavy atom. The van der Waals surface area contributed by atoms with Gasteiger partial charge in [-0.15, -0.1) is 11.3 Å². The fourth-order valence-electron chi connectivity index (χ4n) is 4.05. The number of aryl methyl sites for hydroxylation is 2. The summed E-state index contributed by atoms with van der Waals surface area (Å²) in [6.45, 7) is 6.50. The molecule has 3 rings (SSSR count). The van der Waals surface area contributed by atoms with E-state index in [1.807, 2.05) is 11.3 Å². The standard InChI is InChI=1S/C17H28N2OS/c1-16(2)9-4-5-10-17(16,18-11-12-20-3)15-19-13-7-6-8-14(13)21-15/h18H,4-12H2,1-3H3. The van der Waals surface area contributed by atoms with Gasteiger partial charge in [-0.05, 0) is 37.5 Å². The molecule has 1 N–H and O–H groups in total. The molecule has 2 aliphatic rings. The minimum absolute atomic E-state index is 0.0405. The topological polar surface area (TPSA) is 34.1 Å². The van der Waals surface area contributed by atoms with Crippen molar-refractivity contribution in [3.63, 3.8) is 0 Å². The summed E-state index contributed by atoms with van der Waals surface area (Å²) in [4.78, 5) is 6.62. The zero-order chi connectivity index (χ0) is 14.9. The third-order valence-corrected chi connectivity index (χ3v) is 6.77. The Morgan fingerprint density at radius 3 is 2.71 bits per heavy atom. The predicted molar refractivity (Wildman–Crippen MR) is 87.9 cm³/mol. The van der Waals surface area contributed by atoms with Crippen molar-refractivity contribution < 1.29 is 4.74 Å². The average molecular weight is 308 g/mol. The molecule has 1 saturated carbocycles. The highest BCUT2D eigenvalue weighted by Gasteiger charge is 2.49. The minimum atomic E-state index is 0.0405. The molecule has 0 saturated heterocycles. The highest BCUT2D eigenvalue weighted by Crippen LogP contribution is 2.51. The van der Waals surface area contributed by atoms with Gasteiger partial charge < -0.3 is 10.1 Å². The molecule has 0 bridgehead atoms. The van der Waals surface area contributed by atoms with Crippen LogP contribution < -0.4 is 5.32 Å². The number of nitrogens with one attached hydrogen (secondary N) is 1. The highest BCUT2D eigenvalue weighted by atomic mass is 32.1. The Morgan fingerprint density at radius 1 is 1.19 bits per heavy atom. The number of fused-ring (bicyclic) bond motifs is 1. The quantitative estimate of drug-likeness (QED) is 0.843. The summed E-state index contributed by atoms with van der Waals surface area (Å²) in [5, 5.41) is 5.19. The van der Waals surface area contributed by atoms with Crippen LogP contribution in [0.2, 0.25) is 0 Å². The first-order valence-electron chi connectivity index (χ1n) is 8.32. The van der Waals surface area contributed by atoms with Gasteiger partial charge in [-0.1, -0.05) is 26.7 Å². The zero-order valence-corrected chi connectivity index (χ0v) is 14.4. The van der Waals surface area contributed by atoms with Gasteiger partial charge in [0.2, 0.25) is 0 Å². The van der Waals surface area contributed by atoms with E-state index in [4.69, 9.17) is 9.72 Å². The maximum Gasteiger partial charge on any atom is 0.114 e. The molecule has 0 aliphatic heterocycles. The van der Waals surface area contributed by atoms with Crippen molar-refractivity contribution in [3.8, 4) is 0 Å². The van der Waals surface area contributed by atoms with E-state index in [1.54, 1.807) is 12.0 Å². The third-order valence-electron chi connectivity index (χ3n) is 5.45. The SMILES string of the molecule is COCCNC1(c2nc3c(s2)CCC3)CCCCC1(C)C.